The third kappa shape index (κ3) is 6.27. The highest BCUT2D eigenvalue weighted by Crippen LogP contribution is 2.66. The van der Waals surface area contributed by atoms with Crippen molar-refractivity contribution in [3.05, 3.63) is 47.0 Å². The van der Waals surface area contributed by atoms with Crippen LogP contribution in [0.1, 0.15) is 85.6 Å². The summed E-state index contributed by atoms with van der Waals surface area (Å²) >= 11 is 0. The highest BCUT2D eigenvalue weighted by atomic mass is 16.6. The maximum atomic E-state index is 14.5. The zero-order valence-corrected chi connectivity index (χ0v) is 32.3. The number of benzene rings is 1. The standard InChI is InChI=1S/C41H60N2O9/c1-24(27-13-10-9-11-14-27)34(52-31(45)15-12-16-43-19-17-42(8)18-20-43)37(48)51-28-22-41(49)26(3)35-39(6)23-50-30(39)21-29(44)40(35,7)36(47)33(46)32(25(28)2)38(41,4)5/h9-11,13-14,24,26,28-30,33-35,44,46,49H,12,15-23H2,1-8H3/t24-,26?,28-,29-,30?,33+,34+,35?,39+,40+,41+/m0/s1. The van der Waals surface area contributed by atoms with E-state index in [1.165, 1.54) is 0 Å². The first-order valence-electron chi connectivity index (χ1n) is 19.2. The normalized spacial score (nSPS) is 38.9. The monoisotopic (exact) mass is 724 g/mol. The summed E-state index contributed by atoms with van der Waals surface area (Å²) in [7, 11) is 2.10. The summed E-state index contributed by atoms with van der Waals surface area (Å²) in [5, 5.41) is 36.5. The molecular weight excluding hydrogens is 664 g/mol. The molecule has 2 aliphatic heterocycles. The molecule has 4 fully saturated rings. The number of aliphatic hydroxyl groups excluding tert-OH is 2. The van der Waals surface area contributed by atoms with Crippen LogP contribution < -0.4 is 0 Å². The first kappa shape index (κ1) is 39.0. The van der Waals surface area contributed by atoms with Crippen LogP contribution in [-0.2, 0) is 28.6 Å². The Labute approximate surface area is 308 Å². The van der Waals surface area contributed by atoms with Gasteiger partial charge < -0.3 is 39.3 Å². The number of esters is 2. The van der Waals surface area contributed by atoms with E-state index in [9.17, 15) is 29.7 Å². The summed E-state index contributed by atoms with van der Waals surface area (Å²) in [5.41, 5.74) is -2.96. The summed E-state index contributed by atoms with van der Waals surface area (Å²) in [4.78, 5) is 46.8. The molecule has 6 rings (SSSR count). The molecule has 3 N–H and O–H groups in total. The van der Waals surface area contributed by atoms with Gasteiger partial charge in [-0.25, -0.2) is 4.79 Å². The molecular formula is C41H60N2O9. The van der Waals surface area contributed by atoms with E-state index in [0.717, 1.165) is 38.3 Å². The van der Waals surface area contributed by atoms with Crippen molar-refractivity contribution in [2.75, 3.05) is 46.4 Å². The Kier molecular flexibility index (Phi) is 10.7. The van der Waals surface area contributed by atoms with Gasteiger partial charge >= 0.3 is 11.9 Å². The molecule has 11 heteroatoms. The van der Waals surface area contributed by atoms with Crippen LogP contribution in [0.5, 0.6) is 0 Å². The van der Waals surface area contributed by atoms with Gasteiger partial charge in [-0.15, -0.1) is 0 Å². The number of carbonyl (C=O) groups is 3. The van der Waals surface area contributed by atoms with Gasteiger partial charge in [-0.3, -0.25) is 9.59 Å². The lowest BCUT2D eigenvalue weighted by Gasteiger charge is -2.68. The van der Waals surface area contributed by atoms with Crippen molar-refractivity contribution in [1.29, 1.82) is 0 Å². The van der Waals surface area contributed by atoms with Gasteiger partial charge in [-0.1, -0.05) is 65.0 Å². The molecule has 5 aliphatic rings. The van der Waals surface area contributed by atoms with Gasteiger partial charge in [-0.05, 0) is 62.4 Å². The predicted molar refractivity (Wildman–Crippen MR) is 194 cm³/mol. The van der Waals surface area contributed by atoms with E-state index in [1.54, 1.807) is 13.8 Å². The molecule has 11 atom stereocenters. The van der Waals surface area contributed by atoms with E-state index in [2.05, 4.69) is 16.8 Å². The van der Waals surface area contributed by atoms with Crippen molar-refractivity contribution in [2.24, 2.45) is 28.1 Å². The number of fused-ring (bicyclic) bond motifs is 5. The molecule has 3 aliphatic carbocycles. The Balaban J connectivity index is 1.29. The van der Waals surface area contributed by atoms with Crippen LogP contribution in [0.25, 0.3) is 0 Å². The number of ketones is 1. The number of Topliss-reactive ketones (excluding diaryl/α,β-unsaturated/α-hetero) is 1. The van der Waals surface area contributed by atoms with E-state index < -0.39 is 81.7 Å². The van der Waals surface area contributed by atoms with Crippen LogP contribution in [0.15, 0.2) is 41.5 Å². The molecule has 0 spiro atoms. The maximum absolute atomic E-state index is 14.5. The number of piperazine rings is 1. The van der Waals surface area contributed by atoms with Gasteiger partial charge in [-0.2, -0.15) is 0 Å². The number of aliphatic hydroxyl groups is 3. The average Bonchev–Trinajstić information content (AvgIpc) is 3.10. The second kappa shape index (κ2) is 14.2. The Bertz CT molecular complexity index is 1560. The van der Waals surface area contributed by atoms with Crippen molar-refractivity contribution in [3.63, 3.8) is 0 Å². The van der Waals surface area contributed by atoms with E-state index in [1.807, 2.05) is 65.0 Å². The van der Waals surface area contributed by atoms with Crippen molar-refractivity contribution in [2.45, 2.75) is 116 Å². The second-order valence-corrected chi connectivity index (χ2v) is 17.5. The molecule has 288 valence electrons. The quantitative estimate of drug-likeness (QED) is 0.254. The van der Waals surface area contributed by atoms with Gasteiger partial charge in [0.05, 0.1) is 29.8 Å². The fourth-order valence-corrected chi connectivity index (χ4v) is 10.8. The number of nitrogens with zero attached hydrogens (tertiary/aromatic N) is 2. The summed E-state index contributed by atoms with van der Waals surface area (Å²) in [6, 6.07) is 9.35. The van der Waals surface area contributed by atoms with Crippen molar-refractivity contribution >= 4 is 17.7 Å². The molecule has 2 saturated carbocycles. The molecule has 2 bridgehead atoms. The largest absolute Gasteiger partial charge is 0.455 e. The van der Waals surface area contributed by atoms with Crippen LogP contribution in [0.2, 0.25) is 0 Å². The SMILES string of the molecule is CC1=C2[C@@H](O)C(=O)[C@@]3(C)C(C(C)[C@](O)(C[C@@H]1OC(=O)[C@H](OC(=O)CCCN1CCN(C)CC1)[C@@H](C)c1ccccc1)C2(C)C)[C@]1(C)COC1C[C@@H]3O. The fourth-order valence-electron chi connectivity index (χ4n) is 10.8. The number of likely N-dealkylation sites (N-methyl/N-ethyl adjacent to an activating group) is 1. The van der Waals surface area contributed by atoms with E-state index >= 15 is 0 Å². The van der Waals surface area contributed by atoms with Crippen LogP contribution in [0.3, 0.4) is 0 Å². The molecule has 0 aromatic heterocycles. The molecule has 3 unspecified atom stereocenters. The van der Waals surface area contributed by atoms with Crippen molar-refractivity contribution in [3.8, 4) is 0 Å². The first-order valence-corrected chi connectivity index (χ1v) is 19.2. The topological polar surface area (TPSA) is 146 Å². The molecule has 2 heterocycles. The van der Waals surface area contributed by atoms with E-state index in [4.69, 9.17) is 14.2 Å². The van der Waals surface area contributed by atoms with Gasteiger partial charge in [0.15, 0.2) is 5.78 Å². The minimum Gasteiger partial charge on any atom is -0.455 e. The summed E-state index contributed by atoms with van der Waals surface area (Å²) < 4.78 is 18.1. The average molecular weight is 725 g/mol. The number of ether oxygens (including phenoxy) is 3. The van der Waals surface area contributed by atoms with Crippen LogP contribution in [-0.4, -0.2) is 125 Å². The minimum atomic E-state index is -1.64. The smallest absolute Gasteiger partial charge is 0.348 e. The number of hydrogen-bond donors (Lipinski definition) is 3. The molecule has 2 saturated heterocycles. The van der Waals surface area contributed by atoms with Crippen LogP contribution in [0.4, 0.5) is 0 Å². The lowest BCUT2D eigenvalue weighted by atomic mass is 9.40. The first-order chi connectivity index (χ1) is 24.4. The second-order valence-electron chi connectivity index (χ2n) is 17.5. The maximum Gasteiger partial charge on any atom is 0.348 e. The Morgan fingerprint density at radius 2 is 1.71 bits per heavy atom. The van der Waals surface area contributed by atoms with Gasteiger partial charge in [0.1, 0.15) is 12.2 Å². The molecule has 11 nitrogen and oxygen atoms in total. The minimum absolute atomic E-state index is 0.00115. The number of carbonyl (C=O) groups excluding carboxylic acids is 3. The van der Waals surface area contributed by atoms with Gasteiger partial charge in [0, 0.05) is 62.2 Å². The summed E-state index contributed by atoms with van der Waals surface area (Å²) in [6.07, 6.45) is -4.26. The molecule has 52 heavy (non-hydrogen) atoms. The molecule has 1 aromatic rings. The Morgan fingerprint density at radius 1 is 1.06 bits per heavy atom. The highest BCUT2D eigenvalue weighted by Gasteiger charge is 2.73. The zero-order valence-electron chi connectivity index (χ0n) is 32.3. The third-order valence-corrected chi connectivity index (χ3v) is 14.3. The predicted octanol–water partition coefficient (Wildman–Crippen LogP) is 3.49. The third-order valence-electron chi connectivity index (χ3n) is 14.3. The molecule has 1 aromatic carbocycles. The zero-order chi connectivity index (χ0) is 38.0. The van der Waals surface area contributed by atoms with Gasteiger partial charge in [0.2, 0.25) is 6.10 Å². The lowest BCUT2D eigenvalue weighted by molar-refractivity contribution is -0.302. The molecule has 0 amide bonds. The summed E-state index contributed by atoms with van der Waals surface area (Å²) in [5.74, 6) is -3.39. The van der Waals surface area contributed by atoms with Gasteiger partial charge in [0.25, 0.3) is 0 Å². The van der Waals surface area contributed by atoms with Crippen LogP contribution in [0, 0.1) is 28.1 Å². The highest BCUT2D eigenvalue weighted by molar-refractivity contribution is 5.93. The van der Waals surface area contributed by atoms with E-state index in [0.29, 0.717) is 24.2 Å². The van der Waals surface area contributed by atoms with Crippen LogP contribution >= 0.6 is 0 Å². The molecule has 0 radical (unpaired) electrons. The lowest BCUT2D eigenvalue weighted by Crippen LogP contribution is -2.75. The van der Waals surface area contributed by atoms with E-state index in [-0.39, 0.29) is 25.4 Å². The summed E-state index contributed by atoms with van der Waals surface area (Å²) in [6.45, 7) is 17.9. The van der Waals surface area contributed by atoms with Crippen molar-refractivity contribution in [1.82, 2.24) is 9.80 Å². The number of hydrogen-bond acceptors (Lipinski definition) is 11. The fraction of sp³-hybridized carbons (Fsp3) is 0.732. The van der Waals surface area contributed by atoms with Crippen molar-refractivity contribution < 1.29 is 43.9 Å². The number of rotatable bonds is 9. The Morgan fingerprint density at radius 3 is 2.33 bits per heavy atom. The Hall–Kier alpha value is -2.67.